The first-order valence-electron chi connectivity index (χ1n) is 10.5. The van der Waals surface area contributed by atoms with Crippen LogP contribution in [0.1, 0.15) is 12.5 Å². The van der Waals surface area contributed by atoms with E-state index in [1.807, 2.05) is 42.5 Å². The molecule has 0 radical (unpaired) electrons. The molecule has 5 rings (SSSR count). The van der Waals surface area contributed by atoms with E-state index in [1.54, 1.807) is 13.4 Å². The minimum absolute atomic E-state index is 0.117. The van der Waals surface area contributed by atoms with Gasteiger partial charge in [0, 0.05) is 17.7 Å². The van der Waals surface area contributed by atoms with E-state index < -0.39 is 0 Å². The average Bonchev–Trinajstić information content (AvgIpc) is 3.38. The van der Waals surface area contributed by atoms with Crippen molar-refractivity contribution >= 4 is 16.9 Å². The van der Waals surface area contributed by atoms with Crippen molar-refractivity contribution in [2.24, 2.45) is 0 Å². The Balaban J connectivity index is 1.66. The van der Waals surface area contributed by atoms with E-state index in [9.17, 15) is 5.11 Å². The second-order valence-corrected chi connectivity index (χ2v) is 7.72. The number of pyridine rings is 1. The first kappa shape index (κ1) is 20.4. The van der Waals surface area contributed by atoms with Crippen molar-refractivity contribution in [2.45, 2.75) is 19.6 Å². The molecule has 1 N–H and O–H groups in total. The molecule has 164 valence electrons. The van der Waals surface area contributed by atoms with Crippen molar-refractivity contribution in [3.8, 4) is 28.6 Å². The Morgan fingerprint density at radius 1 is 1.16 bits per heavy atom. The van der Waals surface area contributed by atoms with E-state index in [0.717, 1.165) is 29.0 Å². The Kier molecular flexibility index (Phi) is 5.46. The van der Waals surface area contributed by atoms with Gasteiger partial charge in [-0.2, -0.15) is 0 Å². The predicted octanol–water partition coefficient (Wildman–Crippen LogP) is 3.68. The fraction of sp³-hybridized carbons (Fsp3) is 0.292. The van der Waals surface area contributed by atoms with Crippen LogP contribution in [-0.4, -0.2) is 53.0 Å². The van der Waals surface area contributed by atoms with E-state index in [-0.39, 0.29) is 12.6 Å². The highest BCUT2D eigenvalue weighted by Gasteiger charge is 2.24. The van der Waals surface area contributed by atoms with E-state index >= 15 is 0 Å². The molecule has 3 aromatic heterocycles. The van der Waals surface area contributed by atoms with Crippen molar-refractivity contribution in [1.29, 1.82) is 0 Å². The minimum atomic E-state index is -0.117. The van der Waals surface area contributed by atoms with Crippen LogP contribution in [0.25, 0.3) is 33.9 Å². The molecule has 0 bridgehead atoms. The summed E-state index contributed by atoms with van der Waals surface area (Å²) in [6.45, 7) is 4.03. The standard InChI is InChI=1S/C24H24N4O4/c1-15-14-31-11-9-28(15)24-18-6-7-19(16-5-8-20(30-2)17(12-16)13-29)25-22(18)26-23(27-24)21-4-3-10-32-21/h3-8,10,12,15,29H,9,11,13-14H2,1-2H3/t15-/m0/s1. The second-order valence-electron chi connectivity index (χ2n) is 7.72. The zero-order valence-electron chi connectivity index (χ0n) is 18.0. The van der Waals surface area contributed by atoms with Gasteiger partial charge in [-0.3, -0.25) is 0 Å². The summed E-state index contributed by atoms with van der Waals surface area (Å²) in [6.07, 6.45) is 1.61. The van der Waals surface area contributed by atoms with Gasteiger partial charge in [0.1, 0.15) is 11.6 Å². The largest absolute Gasteiger partial charge is 0.496 e. The van der Waals surface area contributed by atoms with Crippen molar-refractivity contribution in [2.75, 3.05) is 31.8 Å². The van der Waals surface area contributed by atoms with Crippen molar-refractivity contribution in [3.63, 3.8) is 0 Å². The van der Waals surface area contributed by atoms with Gasteiger partial charge in [-0.05, 0) is 49.4 Å². The van der Waals surface area contributed by atoms with Gasteiger partial charge >= 0.3 is 0 Å². The van der Waals surface area contributed by atoms with Gasteiger partial charge < -0.3 is 23.9 Å². The van der Waals surface area contributed by atoms with Crippen LogP contribution in [0.3, 0.4) is 0 Å². The summed E-state index contributed by atoms with van der Waals surface area (Å²) in [5, 5.41) is 10.6. The van der Waals surface area contributed by atoms with Crippen LogP contribution in [0.15, 0.2) is 53.1 Å². The quantitative estimate of drug-likeness (QED) is 0.511. The Morgan fingerprint density at radius 3 is 2.81 bits per heavy atom. The number of nitrogens with zero attached hydrogens (tertiary/aromatic N) is 4. The number of fused-ring (bicyclic) bond motifs is 1. The SMILES string of the molecule is COc1ccc(-c2ccc3c(N4CCOC[C@@H]4C)nc(-c4ccco4)nc3n2)cc1CO. The zero-order chi connectivity index (χ0) is 22.1. The Morgan fingerprint density at radius 2 is 2.06 bits per heavy atom. The number of hydrogen-bond acceptors (Lipinski definition) is 8. The van der Waals surface area contributed by atoms with Gasteiger partial charge in [-0.15, -0.1) is 0 Å². The summed E-state index contributed by atoms with van der Waals surface area (Å²) in [5.74, 6) is 2.55. The molecule has 0 spiro atoms. The van der Waals surface area contributed by atoms with Crippen molar-refractivity contribution in [3.05, 3.63) is 54.3 Å². The zero-order valence-corrected chi connectivity index (χ0v) is 18.0. The average molecular weight is 432 g/mol. The smallest absolute Gasteiger partial charge is 0.199 e. The van der Waals surface area contributed by atoms with Gasteiger partial charge in [0.25, 0.3) is 0 Å². The fourth-order valence-corrected chi connectivity index (χ4v) is 3.99. The number of ether oxygens (including phenoxy) is 2. The number of aromatic nitrogens is 3. The fourth-order valence-electron chi connectivity index (χ4n) is 3.99. The molecule has 8 nitrogen and oxygen atoms in total. The topological polar surface area (TPSA) is 93.7 Å². The van der Waals surface area contributed by atoms with Crippen LogP contribution in [0.4, 0.5) is 5.82 Å². The molecule has 0 unspecified atom stereocenters. The maximum atomic E-state index is 9.69. The number of methoxy groups -OCH3 is 1. The third-order valence-electron chi connectivity index (χ3n) is 5.67. The monoisotopic (exact) mass is 432 g/mol. The van der Waals surface area contributed by atoms with Crippen LogP contribution in [-0.2, 0) is 11.3 Å². The van der Waals surface area contributed by atoms with Gasteiger partial charge in [0.15, 0.2) is 17.2 Å². The lowest BCUT2D eigenvalue weighted by Crippen LogP contribution is -2.44. The number of morpholine rings is 1. The van der Waals surface area contributed by atoms with Gasteiger partial charge in [0.2, 0.25) is 0 Å². The van der Waals surface area contributed by atoms with Gasteiger partial charge in [0.05, 0.1) is 50.3 Å². The third kappa shape index (κ3) is 3.68. The maximum absolute atomic E-state index is 9.69. The Labute approximate surface area is 185 Å². The molecule has 1 fully saturated rings. The highest BCUT2D eigenvalue weighted by atomic mass is 16.5. The summed E-state index contributed by atoms with van der Waals surface area (Å²) in [7, 11) is 1.59. The van der Waals surface area contributed by atoms with Crippen LogP contribution in [0.2, 0.25) is 0 Å². The molecular formula is C24H24N4O4. The Hall–Kier alpha value is -3.49. The molecule has 1 saturated heterocycles. The number of aliphatic hydroxyl groups is 1. The lowest BCUT2D eigenvalue weighted by atomic mass is 10.1. The summed E-state index contributed by atoms with van der Waals surface area (Å²) < 4.78 is 16.5. The molecule has 1 atom stereocenters. The van der Waals surface area contributed by atoms with Gasteiger partial charge in [-0.1, -0.05) is 0 Å². The first-order chi connectivity index (χ1) is 15.7. The van der Waals surface area contributed by atoms with Crippen LogP contribution < -0.4 is 9.64 Å². The summed E-state index contributed by atoms with van der Waals surface area (Å²) in [4.78, 5) is 16.6. The number of anilines is 1. The number of benzene rings is 1. The van der Waals surface area contributed by atoms with E-state index in [4.69, 9.17) is 28.8 Å². The van der Waals surface area contributed by atoms with E-state index in [1.165, 1.54) is 0 Å². The Bertz CT molecular complexity index is 1240. The first-order valence-corrected chi connectivity index (χ1v) is 10.5. The molecule has 1 aliphatic rings. The summed E-state index contributed by atoms with van der Waals surface area (Å²) in [5.41, 5.74) is 2.91. The minimum Gasteiger partial charge on any atom is -0.496 e. The number of furan rings is 1. The highest BCUT2D eigenvalue weighted by molar-refractivity contribution is 5.90. The highest BCUT2D eigenvalue weighted by Crippen LogP contribution is 2.32. The second kappa shape index (κ2) is 8.57. The van der Waals surface area contributed by atoms with Crippen LogP contribution in [0, 0.1) is 0 Å². The third-order valence-corrected chi connectivity index (χ3v) is 5.67. The molecule has 4 aromatic rings. The molecule has 1 aromatic carbocycles. The van der Waals surface area contributed by atoms with Gasteiger partial charge in [-0.25, -0.2) is 15.0 Å². The number of rotatable bonds is 5. The molecule has 1 aliphatic heterocycles. The molecule has 0 amide bonds. The number of aliphatic hydroxyl groups excluding tert-OH is 1. The normalized spacial score (nSPS) is 16.5. The summed E-state index contributed by atoms with van der Waals surface area (Å²) >= 11 is 0. The number of hydrogen-bond donors (Lipinski definition) is 1. The van der Waals surface area contributed by atoms with E-state index in [2.05, 4.69) is 11.8 Å². The molecule has 0 saturated carbocycles. The molecular weight excluding hydrogens is 408 g/mol. The van der Waals surface area contributed by atoms with Crippen LogP contribution in [0.5, 0.6) is 5.75 Å². The molecule has 8 heteroatoms. The molecule has 4 heterocycles. The van der Waals surface area contributed by atoms with Crippen molar-refractivity contribution < 1.29 is 19.0 Å². The van der Waals surface area contributed by atoms with E-state index in [0.29, 0.717) is 41.8 Å². The lowest BCUT2D eigenvalue weighted by Gasteiger charge is -2.34. The molecule has 32 heavy (non-hydrogen) atoms. The summed E-state index contributed by atoms with van der Waals surface area (Å²) in [6, 6.07) is 13.4. The van der Waals surface area contributed by atoms with Crippen LogP contribution >= 0.6 is 0 Å². The predicted molar refractivity (Wildman–Crippen MR) is 121 cm³/mol. The van der Waals surface area contributed by atoms with Crippen molar-refractivity contribution in [1.82, 2.24) is 15.0 Å². The molecule has 0 aliphatic carbocycles. The lowest BCUT2D eigenvalue weighted by molar-refractivity contribution is 0.0987. The maximum Gasteiger partial charge on any atom is 0.199 e.